The molecule has 2 aromatic carbocycles. The third-order valence-electron chi connectivity index (χ3n) is 8.41. The molecule has 206 valence electrons. The number of benzene rings is 2. The van der Waals surface area contributed by atoms with Crippen LogP contribution in [0.4, 0.5) is 5.69 Å². The number of hydrogen-bond acceptors (Lipinski definition) is 7. The molecule has 0 aromatic heterocycles. The fourth-order valence-electron chi connectivity index (χ4n) is 6.29. The van der Waals surface area contributed by atoms with Crippen LogP contribution in [-0.4, -0.2) is 64.8 Å². The number of aliphatic hydroxyl groups excluding tert-OH is 1. The lowest BCUT2D eigenvalue weighted by Gasteiger charge is -2.50. The van der Waals surface area contributed by atoms with Gasteiger partial charge < -0.3 is 29.9 Å². The van der Waals surface area contributed by atoms with Gasteiger partial charge in [-0.15, -0.1) is 0 Å². The predicted octanol–water partition coefficient (Wildman–Crippen LogP) is 3.54. The predicted molar refractivity (Wildman–Crippen MR) is 144 cm³/mol. The second-order valence-corrected chi connectivity index (χ2v) is 10.8. The maximum absolute atomic E-state index is 13.1. The first-order valence-corrected chi connectivity index (χ1v) is 13.4. The van der Waals surface area contributed by atoms with Gasteiger partial charge in [-0.1, -0.05) is 32.1 Å². The molecule has 5 rings (SSSR count). The maximum Gasteiger partial charge on any atom is 0.343 e. The Hall–Kier alpha value is -3.69. The van der Waals surface area contributed by atoms with E-state index in [0.29, 0.717) is 22.7 Å². The lowest BCUT2D eigenvalue weighted by molar-refractivity contribution is -0.137. The van der Waals surface area contributed by atoms with Crippen molar-refractivity contribution in [1.82, 2.24) is 4.90 Å². The lowest BCUT2D eigenvalue weighted by Crippen LogP contribution is -2.59. The smallest absolute Gasteiger partial charge is 0.343 e. The molecule has 0 unspecified atom stereocenters. The van der Waals surface area contributed by atoms with Crippen LogP contribution in [0.5, 0.6) is 11.5 Å². The maximum atomic E-state index is 13.1. The summed E-state index contributed by atoms with van der Waals surface area (Å²) < 4.78 is 12.2. The number of carboxylic acids is 1. The van der Waals surface area contributed by atoms with Crippen molar-refractivity contribution in [3.05, 3.63) is 65.2 Å². The van der Waals surface area contributed by atoms with Crippen LogP contribution in [-0.2, 0) is 21.4 Å². The fraction of sp³-hybridized carbons (Fsp3) is 0.433. The molecule has 9 heteroatoms. The standard InChI is InChI=1S/C30H34N2O7/c1-4-32(3)21-16-18-10-15-23(27-26(18)30(2)20(21)13-14-22(33)28(30)39-27)38-29(37)17-8-11-19(12-9-17)31-24(34)6-5-7-25(35)36/h8-15,20-22,28,33H,4-7,16H2,1-3H3,(H,31,34)(H,35,36)/t20-,21+,22-,28-,30-/m0/s1. The molecule has 0 fully saturated rings. The number of aliphatic carboxylic acids is 1. The molecule has 0 bridgehead atoms. The first-order chi connectivity index (χ1) is 18.6. The molecular weight excluding hydrogens is 500 g/mol. The van der Waals surface area contributed by atoms with Crippen LogP contribution in [0.3, 0.4) is 0 Å². The first kappa shape index (κ1) is 26.9. The number of amides is 1. The highest BCUT2D eigenvalue weighted by molar-refractivity contribution is 5.94. The van der Waals surface area contributed by atoms with Crippen molar-refractivity contribution >= 4 is 23.5 Å². The summed E-state index contributed by atoms with van der Waals surface area (Å²) in [7, 11) is 2.12. The minimum Gasteiger partial charge on any atom is -0.482 e. The van der Waals surface area contributed by atoms with Crippen LogP contribution in [0.1, 0.15) is 54.6 Å². The Bertz CT molecular complexity index is 1320. The van der Waals surface area contributed by atoms with Crippen LogP contribution in [0.25, 0.3) is 0 Å². The summed E-state index contributed by atoms with van der Waals surface area (Å²) >= 11 is 0. The van der Waals surface area contributed by atoms with E-state index in [1.165, 1.54) is 0 Å². The van der Waals surface area contributed by atoms with Crippen molar-refractivity contribution in [2.45, 2.75) is 63.2 Å². The van der Waals surface area contributed by atoms with Crippen molar-refractivity contribution in [2.24, 2.45) is 5.92 Å². The van der Waals surface area contributed by atoms with Crippen molar-refractivity contribution in [1.29, 1.82) is 0 Å². The average Bonchev–Trinajstić information content (AvgIpc) is 3.24. The van der Waals surface area contributed by atoms with Gasteiger partial charge in [0, 0.05) is 41.5 Å². The molecule has 0 radical (unpaired) electrons. The van der Waals surface area contributed by atoms with E-state index in [9.17, 15) is 19.5 Å². The number of hydrogen-bond donors (Lipinski definition) is 3. The number of aliphatic hydroxyl groups is 1. The van der Waals surface area contributed by atoms with Gasteiger partial charge in [-0.2, -0.15) is 0 Å². The SMILES string of the molecule is CCN(C)[C@@H]1Cc2ccc(OC(=O)c3ccc(NC(=O)CCCC(=O)O)cc3)c3c2[C@]2(C)[C@H]1C=C[C@H](O)[C@@H]2O3. The molecule has 39 heavy (non-hydrogen) atoms. The molecule has 5 atom stereocenters. The second-order valence-electron chi connectivity index (χ2n) is 10.8. The summed E-state index contributed by atoms with van der Waals surface area (Å²) in [6, 6.07) is 10.3. The first-order valence-electron chi connectivity index (χ1n) is 13.4. The summed E-state index contributed by atoms with van der Waals surface area (Å²) in [5.74, 6) is -0.825. The normalized spacial score (nSPS) is 26.1. The number of likely N-dealkylation sites (N-methyl/N-ethyl adjacent to an activating group) is 1. The van der Waals surface area contributed by atoms with Gasteiger partial charge in [0.15, 0.2) is 11.5 Å². The Morgan fingerprint density at radius 2 is 1.87 bits per heavy atom. The quantitative estimate of drug-likeness (QED) is 0.253. The molecule has 9 nitrogen and oxygen atoms in total. The number of nitrogens with one attached hydrogen (secondary N) is 1. The van der Waals surface area contributed by atoms with E-state index in [4.69, 9.17) is 14.6 Å². The Morgan fingerprint density at radius 3 is 2.56 bits per heavy atom. The summed E-state index contributed by atoms with van der Waals surface area (Å²) in [5.41, 5.74) is 2.49. The van der Waals surface area contributed by atoms with Gasteiger partial charge in [0.1, 0.15) is 12.2 Å². The number of ether oxygens (including phenoxy) is 2. The van der Waals surface area contributed by atoms with E-state index in [1.807, 2.05) is 12.1 Å². The van der Waals surface area contributed by atoms with Crippen molar-refractivity contribution in [3.63, 3.8) is 0 Å². The highest BCUT2D eigenvalue weighted by atomic mass is 16.6. The van der Waals surface area contributed by atoms with Crippen LogP contribution < -0.4 is 14.8 Å². The molecule has 0 spiro atoms. The molecule has 1 amide bonds. The number of carbonyl (C=O) groups excluding carboxylic acids is 2. The van der Waals surface area contributed by atoms with E-state index >= 15 is 0 Å². The van der Waals surface area contributed by atoms with Gasteiger partial charge in [-0.05, 0) is 62.3 Å². The third-order valence-corrected chi connectivity index (χ3v) is 8.41. The number of carbonyl (C=O) groups is 3. The number of nitrogens with zero attached hydrogens (tertiary/aromatic N) is 1. The van der Waals surface area contributed by atoms with Gasteiger partial charge in [0.05, 0.1) is 5.56 Å². The molecule has 0 saturated heterocycles. The average molecular weight is 535 g/mol. The zero-order valence-electron chi connectivity index (χ0n) is 22.3. The van der Waals surface area contributed by atoms with Gasteiger partial charge in [0.2, 0.25) is 5.91 Å². The molecule has 1 heterocycles. The molecular formula is C30H34N2O7. The number of rotatable bonds is 9. The van der Waals surface area contributed by atoms with Crippen LogP contribution >= 0.6 is 0 Å². The van der Waals surface area contributed by atoms with Crippen LogP contribution in [0.15, 0.2) is 48.6 Å². The number of anilines is 1. The molecule has 3 aliphatic rings. The molecule has 0 saturated carbocycles. The van der Waals surface area contributed by atoms with E-state index in [2.05, 4.69) is 37.2 Å². The fourth-order valence-corrected chi connectivity index (χ4v) is 6.29. The highest BCUT2D eigenvalue weighted by Gasteiger charge is 2.60. The van der Waals surface area contributed by atoms with Crippen LogP contribution in [0.2, 0.25) is 0 Å². The largest absolute Gasteiger partial charge is 0.482 e. The van der Waals surface area contributed by atoms with E-state index in [0.717, 1.165) is 24.1 Å². The summed E-state index contributed by atoms with van der Waals surface area (Å²) in [4.78, 5) is 38.0. The Morgan fingerprint density at radius 1 is 1.13 bits per heavy atom. The summed E-state index contributed by atoms with van der Waals surface area (Å²) in [6.07, 6.45) is 3.80. The number of carboxylic acid groups (broad SMARTS) is 1. The zero-order chi connectivity index (χ0) is 27.9. The van der Waals surface area contributed by atoms with Gasteiger partial charge in [0.25, 0.3) is 0 Å². The Balaban J connectivity index is 1.34. The lowest BCUT2D eigenvalue weighted by atomic mass is 9.57. The number of esters is 1. The summed E-state index contributed by atoms with van der Waals surface area (Å²) in [6.45, 7) is 5.18. The second kappa shape index (κ2) is 10.5. The third kappa shape index (κ3) is 4.81. The highest BCUT2D eigenvalue weighted by Crippen LogP contribution is 2.59. The topological polar surface area (TPSA) is 125 Å². The van der Waals surface area contributed by atoms with E-state index < -0.39 is 29.6 Å². The molecule has 3 N–H and O–H groups in total. The molecule has 2 aromatic rings. The van der Waals surface area contributed by atoms with Gasteiger partial charge >= 0.3 is 11.9 Å². The summed E-state index contributed by atoms with van der Waals surface area (Å²) in [5, 5.41) is 22.3. The van der Waals surface area contributed by atoms with Crippen molar-refractivity contribution < 1.29 is 34.1 Å². The minimum absolute atomic E-state index is 0.0704. The van der Waals surface area contributed by atoms with Gasteiger partial charge in [-0.25, -0.2) is 4.79 Å². The Kier molecular flexibility index (Phi) is 7.22. The Labute approximate surface area is 227 Å². The zero-order valence-corrected chi connectivity index (χ0v) is 22.3. The minimum atomic E-state index is -0.942. The van der Waals surface area contributed by atoms with Crippen LogP contribution in [0, 0.1) is 5.92 Å². The molecule has 1 aliphatic heterocycles. The van der Waals surface area contributed by atoms with Crippen molar-refractivity contribution in [3.8, 4) is 11.5 Å². The van der Waals surface area contributed by atoms with E-state index in [1.54, 1.807) is 30.3 Å². The monoisotopic (exact) mass is 534 g/mol. The van der Waals surface area contributed by atoms with E-state index in [-0.39, 0.29) is 37.1 Å². The van der Waals surface area contributed by atoms with Crippen molar-refractivity contribution in [2.75, 3.05) is 18.9 Å². The van der Waals surface area contributed by atoms with Gasteiger partial charge in [-0.3, -0.25) is 9.59 Å². The molecule has 2 aliphatic carbocycles.